The van der Waals surface area contributed by atoms with E-state index in [1.807, 2.05) is 62.4 Å². The Balaban J connectivity index is 1.94. The average Bonchev–Trinajstić information content (AvgIpc) is 2.55. The van der Waals surface area contributed by atoms with Crippen molar-refractivity contribution in [3.05, 3.63) is 71.5 Å². The SMILES string of the molecule is CC(C)(C(=O)Nc1cncc2cc(Cl)ccc12)c1ccccc1. The predicted octanol–water partition coefficient (Wildman–Crippen LogP) is 4.80. The molecule has 1 amide bonds. The molecule has 0 saturated carbocycles. The van der Waals surface area contributed by atoms with E-state index in [-0.39, 0.29) is 5.91 Å². The number of anilines is 1. The molecule has 3 rings (SSSR count). The maximum absolute atomic E-state index is 12.8. The van der Waals surface area contributed by atoms with E-state index < -0.39 is 5.41 Å². The number of fused-ring (bicyclic) bond motifs is 1. The molecule has 0 radical (unpaired) electrons. The van der Waals surface area contributed by atoms with E-state index in [1.54, 1.807) is 12.4 Å². The number of hydrogen-bond donors (Lipinski definition) is 1. The summed E-state index contributed by atoms with van der Waals surface area (Å²) in [6.45, 7) is 3.82. The summed E-state index contributed by atoms with van der Waals surface area (Å²) in [5.41, 5.74) is 1.01. The minimum atomic E-state index is -0.643. The van der Waals surface area contributed by atoms with Crippen LogP contribution in [0.25, 0.3) is 10.8 Å². The van der Waals surface area contributed by atoms with Crippen LogP contribution in [0, 0.1) is 0 Å². The molecule has 0 fully saturated rings. The number of benzene rings is 2. The van der Waals surface area contributed by atoms with Crippen molar-refractivity contribution in [2.75, 3.05) is 5.32 Å². The first kappa shape index (κ1) is 15.5. The van der Waals surface area contributed by atoms with Crippen LogP contribution in [0.2, 0.25) is 5.02 Å². The quantitative estimate of drug-likeness (QED) is 0.751. The van der Waals surface area contributed by atoms with Gasteiger partial charge in [-0.1, -0.05) is 48.0 Å². The van der Waals surface area contributed by atoms with Crippen molar-refractivity contribution in [2.45, 2.75) is 19.3 Å². The molecule has 0 aliphatic carbocycles. The molecular weight excluding hydrogens is 308 g/mol. The number of carbonyl (C=O) groups is 1. The van der Waals surface area contributed by atoms with E-state index in [1.165, 1.54) is 0 Å². The molecule has 0 spiro atoms. The van der Waals surface area contributed by atoms with Crippen LogP contribution in [-0.4, -0.2) is 10.9 Å². The maximum Gasteiger partial charge on any atom is 0.234 e. The molecule has 116 valence electrons. The molecule has 0 saturated heterocycles. The molecule has 2 aromatic carbocycles. The highest BCUT2D eigenvalue weighted by atomic mass is 35.5. The van der Waals surface area contributed by atoms with Gasteiger partial charge >= 0.3 is 0 Å². The van der Waals surface area contributed by atoms with Crippen molar-refractivity contribution in [1.29, 1.82) is 0 Å². The zero-order valence-corrected chi connectivity index (χ0v) is 13.8. The standard InChI is InChI=1S/C19H17ClN2O/c1-19(2,14-6-4-3-5-7-14)18(23)22-17-12-21-11-13-10-15(20)8-9-16(13)17/h3-12H,1-2H3,(H,22,23). The smallest absolute Gasteiger partial charge is 0.234 e. The van der Waals surface area contributed by atoms with Gasteiger partial charge in [0.1, 0.15) is 0 Å². The zero-order chi connectivity index (χ0) is 16.4. The highest BCUT2D eigenvalue weighted by Gasteiger charge is 2.29. The van der Waals surface area contributed by atoms with Gasteiger partial charge in [-0.25, -0.2) is 0 Å². The predicted molar refractivity (Wildman–Crippen MR) is 94.9 cm³/mol. The van der Waals surface area contributed by atoms with Crippen LogP contribution in [-0.2, 0) is 10.2 Å². The van der Waals surface area contributed by atoms with Crippen LogP contribution in [0.3, 0.4) is 0 Å². The fourth-order valence-corrected chi connectivity index (χ4v) is 2.69. The van der Waals surface area contributed by atoms with Crippen molar-refractivity contribution in [2.24, 2.45) is 0 Å². The Morgan fingerprint density at radius 1 is 1.09 bits per heavy atom. The molecule has 0 aliphatic heterocycles. The van der Waals surface area contributed by atoms with Gasteiger partial charge in [0.15, 0.2) is 0 Å². The number of pyridine rings is 1. The Hall–Kier alpha value is -2.39. The van der Waals surface area contributed by atoms with Gasteiger partial charge in [0.2, 0.25) is 5.91 Å². The number of amides is 1. The Bertz CT molecular complexity index is 860. The van der Waals surface area contributed by atoms with Crippen LogP contribution < -0.4 is 5.32 Å². The third-order valence-electron chi connectivity index (χ3n) is 4.03. The first-order valence-electron chi connectivity index (χ1n) is 7.39. The molecule has 3 aromatic rings. The molecule has 0 aliphatic rings. The Labute approximate surface area is 140 Å². The largest absolute Gasteiger partial charge is 0.323 e. The molecule has 1 aromatic heterocycles. The summed E-state index contributed by atoms with van der Waals surface area (Å²) in [4.78, 5) is 17.0. The monoisotopic (exact) mass is 324 g/mol. The Morgan fingerprint density at radius 3 is 2.57 bits per heavy atom. The van der Waals surface area contributed by atoms with Gasteiger partial charge in [-0.05, 0) is 31.5 Å². The van der Waals surface area contributed by atoms with E-state index in [9.17, 15) is 4.79 Å². The Kier molecular flexibility index (Phi) is 4.05. The van der Waals surface area contributed by atoms with Crippen LogP contribution in [0.1, 0.15) is 19.4 Å². The number of aromatic nitrogens is 1. The van der Waals surface area contributed by atoms with Crippen molar-refractivity contribution >= 4 is 34.0 Å². The second-order valence-corrected chi connectivity index (χ2v) is 6.43. The normalized spacial score (nSPS) is 11.4. The summed E-state index contributed by atoms with van der Waals surface area (Å²) < 4.78 is 0. The van der Waals surface area contributed by atoms with Gasteiger partial charge in [0.25, 0.3) is 0 Å². The van der Waals surface area contributed by atoms with E-state index in [2.05, 4.69) is 10.3 Å². The maximum atomic E-state index is 12.8. The van der Waals surface area contributed by atoms with Gasteiger partial charge in [-0.2, -0.15) is 0 Å². The Morgan fingerprint density at radius 2 is 1.83 bits per heavy atom. The van der Waals surface area contributed by atoms with Gasteiger partial charge in [-0.3, -0.25) is 9.78 Å². The van der Waals surface area contributed by atoms with E-state index >= 15 is 0 Å². The first-order chi connectivity index (χ1) is 11.0. The summed E-state index contributed by atoms with van der Waals surface area (Å²) in [5.74, 6) is -0.0760. The molecule has 4 heteroatoms. The van der Waals surface area contributed by atoms with Crippen LogP contribution in [0.15, 0.2) is 60.9 Å². The van der Waals surface area contributed by atoms with Crippen molar-refractivity contribution < 1.29 is 4.79 Å². The molecule has 0 bridgehead atoms. The minimum Gasteiger partial charge on any atom is -0.323 e. The summed E-state index contributed by atoms with van der Waals surface area (Å²) in [6, 6.07) is 15.3. The molecule has 23 heavy (non-hydrogen) atoms. The fraction of sp³-hybridized carbons (Fsp3) is 0.158. The summed E-state index contributed by atoms with van der Waals surface area (Å²) in [6.07, 6.45) is 3.40. The van der Waals surface area contributed by atoms with Gasteiger partial charge in [-0.15, -0.1) is 0 Å². The second kappa shape index (κ2) is 6.01. The van der Waals surface area contributed by atoms with Crippen molar-refractivity contribution in [3.63, 3.8) is 0 Å². The van der Waals surface area contributed by atoms with Crippen LogP contribution >= 0.6 is 11.6 Å². The molecule has 0 atom stereocenters. The molecule has 3 nitrogen and oxygen atoms in total. The lowest BCUT2D eigenvalue weighted by molar-refractivity contribution is -0.120. The third-order valence-corrected chi connectivity index (χ3v) is 4.27. The molecule has 0 unspecified atom stereocenters. The fourth-order valence-electron chi connectivity index (χ4n) is 2.51. The van der Waals surface area contributed by atoms with E-state index in [4.69, 9.17) is 11.6 Å². The topological polar surface area (TPSA) is 42.0 Å². The third kappa shape index (κ3) is 3.06. The lowest BCUT2D eigenvalue weighted by atomic mass is 9.83. The highest BCUT2D eigenvalue weighted by molar-refractivity contribution is 6.31. The number of carbonyl (C=O) groups excluding carboxylic acids is 1. The zero-order valence-electron chi connectivity index (χ0n) is 13.0. The van der Waals surface area contributed by atoms with Crippen LogP contribution in [0.4, 0.5) is 5.69 Å². The van der Waals surface area contributed by atoms with Gasteiger partial charge in [0.05, 0.1) is 17.3 Å². The number of nitrogens with one attached hydrogen (secondary N) is 1. The number of hydrogen-bond acceptors (Lipinski definition) is 2. The number of nitrogens with zero attached hydrogens (tertiary/aromatic N) is 1. The minimum absolute atomic E-state index is 0.0760. The number of halogens is 1. The molecule has 1 heterocycles. The highest BCUT2D eigenvalue weighted by Crippen LogP contribution is 2.28. The first-order valence-corrected chi connectivity index (χ1v) is 7.76. The lowest BCUT2D eigenvalue weighted by Crippen LogP contribution is -2.34. The van der Waals surface area contributed by atoms with Crippen LogP contribution in [0.5, 0.6) is 0 Å². The van der Waals surface area contributed by atoms with Gasteiger partial charge < -0.3 is 5.32 Å². The molecule has 1 N–H and O–H groups in total. The summed E-state index contributed by atoms with van der Waals surface area (Å²) >= 11 is 6.01. The lowest BCUT2D eigenvalue weighted by Gasteiger charge is -2.24. The summed E-state index contributed by atoms with van der Waals surface area (Å²) in [5, 5.41) is 5.46. The molecular formula is C19H17ClN2O. The van der Waals surface area contributed by atoms with Gasteiger partial charge in [0, 0.05) is 22.0 Å². The van der Waals surface area contributed by atoms with E-state index in [0.717, 1.165) is 16.3 Å². The van der Waals surface area contributed by atoms with Crippen molar-refractivity contribution in [1.82, 2.24) is 4.98 Å². The second-order valence-electron chi connectivity index (χ2n) is 6.00. The average molecular weight is 325 g/mol. The van der Waals surface area contributed by atoms with E-state index in [0.29, 0.717) is 10.7 Å². The van der Waals surface area contributed by atoms with Crippen molar-refractivity contribution in [3.8, 4) is 0 Å². The number of rotatable bonds is 3. The summed E-state index contributed by atoms with van der Waals surface area (Å²) in [7, 11) is 0.